The minimum absolute atomic E-state index is 0.0307. The fraction of sp³-hybridized carbons (Fsp3) is 0.391. The lowest BCUT2D eigenvalue weighted by molar-refractivity contribution is -0.140. The van der Waals surface area contributed by atoms with Crippen molar-refractivity contribution in [3.05, 3.63) is 71.5 Å². The summed E-state index contributed by atoms with van der Waals surface area (Å²) in [4.78, 5) is 26.9. The van der Waals surface area contributed by atoms with E-state index in [2.05, 4.69) is 17.4 Å². The fourth-order valence-electron chi connectivity index (χ4n) is 2.87. The molecule has 2 rings (SSSR count). The predicted molar refractivity (Wildman–Crippen MR) is 117 cm³/mol. The molecule has 0 spiro atoms. The molecule has 156 valence electrons. The van der Waals surface area contributed by atoms with Gasteiger partial charge in [0.25, 0.3) is 0 Å². The Kier molecular flexibility index (Phi) is 9.19. The highest BCUT2D eigenvalue weighted by Crippen LogP contribution is 2.17. The quantitative estimate of drug-likeness (QED) is 0.585. The summed E-state index contributed by atoms with van der Waals surface area (Å²) in [6.07, 6.45) is 0.297. The van der Waals surface area contributed by atoms with E-state index in [-0.39, 0.29) is 30.2 Å². The van der Waals surface area contributed by atoms with Crippen molar-refractivity contribution >= 4 is 23.6 Å². The number of carbonyl (C=O) groups is 2. The molecule has 0 fully saturated rings. The number of amides is 2. The molecule has 4 nitrogen and oxygen atoms in total. The van der Waals surface area contributed by atoms with E-state index in [1.807, 2.05) is 32.0 Å². The maximum Gasteiger partial charge on any atom is 0.242 e. The van der Waals surface area contributed by atoms with Gasteiger partial charge in [-0.15, -0.1) is 0 Å². The van der Waals surface area contributed by atoms with Crippen LogP contribution in [0.25, 0.3) is 0 Å². The van der Waals surface area contributed by atoms with Gasteiger partial charge in [0.15, 0.2) is 0 Å². The Labute approximate surface area is 176 Å². The van der Waals surface area contributed by atoms with Gasteiger partial charge in [0.05, 0.1) is 0 Å². The Balaban J connectivity index is 2.01. The molecule has 1 atom stereocenters. The van der Waals surface area contributed by atoms with E-state index in [9.17, 15) is 14.0 Å². The topological polar surface area (TPSA) is 49.4 Å². The summed E-state index contributed by atoms with van der Waals surface area (Å²) < 4.78 is 14.1. The lowest BCUT2D eigenvalue weighted by Gasteiger charge is -2.29. The highest BCUT2D eigenvalue weighted by Gasteiger charge is 2.26. The summed E-state index contributed by atoms with van der Waals surface area (Å²) in [5.41, 5.74) is 1.61. The van der Waals surface area contributed by atoms with E-state index >= 15 is 0 Å². The third-order valence-corrected chi connectivity index (χ3v) is 5.50. The lowest BCUT2D eigenvalue weighted by Crippen LogP contribution is -2.49. The molecular formula is C23H29FN2O2S. The molecule has 0 heterocycles. The monoisotopic (exact) mass is 416 g/mol. The van der Waals surface area contributed by atoms with E-state index in [0.717, 1.165) is 5.75 Å². The Morgan fingerprint density at radius 2 is 1.69 bits per heavy atom. The highest BCUT2D eigenvalue weighted by atomic mass is 32.2. The minimum atomic E-state index is -0.677. The molecule has 29 heavy (non-hydrogen) atoms. The number of hydrogen-bond acceptors (Lipinski definition) is 3. The van der Waals surface area contributed by atoms with Crippen LogP contribution in [0.1, 0.15) is 38.3 Å². The number of rotatable bonds is 10. The average Bonchev–Trinajstić information content (AvgIpc) is 2.70. The Morgan fingerprint density at radius 3 is 2.34 bits per heavy atom. The fourth-order valence-corrected chi connectivity index (χ4v) is 3.76. The summed E-state index contributed by atoms with van der Waals surface area (Å²) in [5, 5.41) is 2.84. The zero-order chi connectivity index (χ0) is 21.2. The second kappa shape index (κ2) is 11.6. The molecule has 6 heteroatoms. The van der Waals surface area contributed by atoms with Gasteiger partial charge in [0.1, 0.15) is 11.9 Å². The van der Waals surface area contributed by atoms with Crippen molar-refractivity contribution < 1.29 is 14.0 Å². The van der Waals surface area contributed by atoms with Gasteiger partial charge >= 0.3 is 0 Å². The normalized spacial score (nSPS) is 11.9. The molecule has 1 N–H and O–H groups in total. The van der Waals surface area contributed by atoms with E-state index < -0.39 is 6.04 Å². The second-order valence-corrected chi connectivity index (χ2v) is 8.35. The summed E-state index contributed by atoms with van der Waals surface area (Å²) >= 11 is 1.67. The first kappa shape index (κ1) is 22.9. The van der Waals surface area contributed by atoms with Gasteiger partial charge in [-0.2, -0.15) is 11.8 Å². The molecule has 2 aromatic carbocycles. The smallest absolute Gasteiger partial charge is 0.242 e. The third kappa shape index (κ3) is 7.54. The minimum Gasteiger partial charge on any atom is -0.352 e. The number of thioether (sulfide) groups is 1. The average molecular weight is 417 g/mol. The zero-order valence-electron chi connectivity index (χ0n) is 17.2. The standard InChI is InChI=1S/C23H29FN2O2S/c1-17(2)25-23(28)18(3)26(15-20-11-7-8-12-21(20)24)22(27)13-14-29-16-19-9-5-4-6-10-19/h4-12,17-18H,13-16H2,1-3H3,(H,25,28). The van der Waals surface area contributed by atoms with E-state index in [0.29, 0.717) is 17.7 Å². The van der Waals surface area contributed by atoms with Crippen LogP contribution in [0.2, 0.25) is 0 Å². The number of nitrogens with one attached hydrogen (secondary N) is 1. The molecule has 0 radical (unpaired) electrons. The molecule has 0 aromatic heterocycles. The molecule has 0 aliphatic carbocycles. The molecule has 1 unspecified atom stereocenters. The molecular weight excluding hydrogens is 387 g/mol. The van der Waals surface area contributed by atoms with Gasteiger partial charge < -0.3 is 10.2 Å². The maximum atomic E-state index is 14.1. The second-order valence-electron chi connectivity index (χ2n) is 7.24. The van der Waals surface area contributed by atoms with Crippen LogP contribution >= 0.6 is 11.8 Å². The number of benzene rings is 2. The summed E-state index contributed by atoms with van der Waals surface area (Å²) in [7, 11) is 0. The van der Waals surface area contributed by atoms with Crippen LogP contribution < -0.4 is 5.32 Å². The van der Waals surface area contributed by atoms with Gasteiger partial charge in [0, 0.05) is 36.1 Å². The van der Waals surface area contributed by atoms with Gasteiger partial charge in [-0.3, -0.25) is 9.59 Å². The molecule has 0 aliphatic rings. The maximum absolute atomic E-state index is 14.1. The Bertz CT molecular complexity index is 798. The van der Waals surface area contributed by atoms with E-state index in [1.165, 1.54) is 16.5 Å². The van der Waals surface area contributed by atoms with Crippen LogP contribution in [0.3, 0.4) is 0 Å². The number of hydrogen-bond donors (Lipinski definition) is 1. The molecule has 0 saturated carbocycles. The summed E-state index contributed by atoms with van der Waals surface area (Å²) in [5.74, 6) is 0.701. The third-order valence-electron chi connectivity index (χ3n) is 4.47. The van der Waals surface area contributed by atoms with Gasteiger partial charge in [-0.05, 0) is 32.4 Å². The molecule has 2 aromatic rings. The van der Waals surface area contributed by atoms with Crippen LogP contribution in [-0.4, -0.2) is 34.6 Å². The van der Waals surface area contributed by atoms with Crippen LogP contribution in [0, 0.1) is 5.82 Å². The first-order chi connectivity index (χ1) is 13.9. The highest BCUT2D eigenvalue weighted by molar-refractivity contribution is 7.98. The van der Waals surface area contributed by atoms with Gasteiger partial charge in [0.2, 0.25) is 11.8 Å². The van der Waals surface area contributed by atoms with Crippen molar-refractivity contribution in [1.82, 2.24) is 10.2 Å². The summed E-state index contributed by atoms with van der Waals surface area (Å²) in [6.45, 7) is 5.50. The molecule has 2 amide bonds. The molecule has 0 saturated heterocycles. The number of carbonyl (C=O) groups excluding carboxylic acids is 2. The van der Waals surface area contributed by atoms with E-state index in [1.54, 1.807) is 36.9 Å². The predicted octanol–water partition coefficient (Wildman–Crippen LogP) is 4.39. The van der Waals surface area contributed by atoms with Crippen molar-refractivity contribution in [3.63, 3.8) is 0 Å². The Hall–Kier alpha value is -2.34. The number of halogens is 1. The molecule has 0 aliphatic heterocycles. The van der Waals surface area contributed by atoms with Crippen LogP contribution in [0.5, 0.6) is 0 Å². The summed E-state index contributed by atoms with van der Waals surface area (Å²) in [6, 6.07) is 15.7. The van der Waals surface area contributed by atoms with Gasteiger partial charge in [-0.1, -0.05) is 48.5 Å². The van der Waals surface area contributed by atoms with Crippen molar-refractivity contribution in [2.75, 3.05) is 5.75 Å². The number of nitrogens with zero attached hydrogens (tertiary/aromatic N) is 1. The van der Waals surface area contributed by atoms with Crippen molar-refractivity contribution in [3.8, 4) is 0 Å². The molecule has 0 bridgehead atoms. The van der Waals surface area contributed by atoms with Crippen LogP contribution in [0.15, 0.2) is 54.6 Å². The Morgan fingerprint density at radius 1 is 1.03 bits per heavy atom. The zero-order valence-corrected chi connectivity index (χ0v) is 18.0. The van der Waals surface area contributed by atoms with E-state index in [4.69, 9.17) is 0 Å². The van der Waals surface area contributed by atoms with Crippen molar-refractivity contribution in [1.29, 1.82) is 0 Å². The first-order valence-electron chi connectivity index (χ1n) is 9.83. The van der Waals surface area contributed by atoms with Crippen molar-refractivity contribution in [2.24, 2.45) is 0 Å². The lowest BCUT2D eigenvalue weighted by atomic mass is 10.1. The van der Waals surface area contributed by atoms with Crippen LogP contribution in [0.4, 0.5) is 4.39 Å². The first-order valence-corrected chi connectivity index (χ1v) is 11.0. The van der Waals surface area contributed by atoms with Crippen molar-refractivity contribution in [2.45, 2.75) is 51.6 Å². The van der Waals surface area contributed by atoms with Gasteiger partial charge in [-0.25, -0.2) is 4.39 Å². The SMILES string of the molecule is CC(C)NC(=O)C(C)N(Cc1ccccc1F)C(=O)CCSCc1ccccc1. The largest absolute Gasteiger partial charge is 0.352 e. The van der Waals surface area contributed by atoms with Crippen LogP contribution in [-0.2, 0) is 21.9 Å².